The Balaban J connectivity index is 1.56. The Kier molecular flexibility index (Phi) is 5.72. The second-order valence-corrected chi connectivity index (χ2v) is 7.91. The van der Waals surface area contributed by atoms with Gasteiger partial charge in [0.15, 0.2) is 17.9 Å². The number of phenols is 2. The van der Waals surface area contributed by atoms with Crippen LogP contribution >= 0.6 is 0 Å². The first-order valence-electron chi connectivity index (χ1n) is 10.1. The van der Waals surface area contributed by atoms with Gasteiger partial charge in [0.2, 0.25) is 0 Å². The summed E-state index contributed by atoms with van der Waals surface area (Å²) in [5, 5.41) is 21.2. The first-order chi connectivity index (χ1) is 15.2. The van der Waals surface area contributed by atoms with E-state index < -0.39 is 53.6 Å². The Morgan fingerprint density at radius 1 is 1.16 bits per heavy atom. The van der Waals surface area contributed by atoms with E-state index in [0.717, 1.165) is 0 Å². The Hall–Kier alpha value is -3.27. The number of phenolic OH excluding ortho intramolecular Hbond substituents is 2. The molecule has 9 heteroatoms. The van der Waals surface area contributed by atoms with Gasteiger partial charge in [0.05, 0.1) is 23.8 Å². The first-order valence-corrected chi connectivity index (χ1v) is 10.1. The van der Waals surface area contributed by atoms with Gasteiger partial charge in [0, 0.05) is 36.1 Å². The van der Waals surface area contributed by atoms with Gasteiger partial charge >= 0.3 is 5.97 Å². The van der Waals surface area contributed by atoms with Crippen molar-refractivity contribution in [2.75, 3.05) is 0 Å². The summed E-state index contributed by atoms with van der Waals surface area (Å²) >= 11 is 0. The summed E-state index contributed by atoms with van der Waals surface area (Å²) in [6.45, 7) is 2.78. The van der Waals surface area contributed by atoms with Crippen molar-refractivity contribution in [2.24, 2.45) is 5.73 Å². The number of ketones is 2. The number of carbonyl (C=O) groups is 3. The number of rotatable bonds is 4. The molecule has 2 aromatic carbocycles. The molecule has 1 heterocycles. The third kappa shape index (κ3) is 3.75. The summed E-state index contributed by atoms with van der Waals surface area (Å²) in [7, 11) is 0. The van der Waals surface area contributed by atoms with E-state index in [1.54, 1.807) is 19.1 Å². The van der Waals surface area contributed by atoms with E-state index in [9.17, 15) is 24.6 Å². The van der Waals surface area contributed by atoms with Gasteiger partial charge < -0.3 is 30.2 Å². The molecule has 4 N–H and O–H groups in total. The maximum absolute atomic E-state index is 12.9. The van der Waals surface area contributed by atoms with Crippen molar-refractivity contribution in [3.05, 3.63) is 58.1 Å². The molecule has 0 radical (unpaired) electrons. The molecule has 0 spiro atoms. The average Bonchev–Trinajstić information content (AvgIpc) is 2.74. The van der Waals surface area contributed by atoms with E-state index in [1.165, 1.54) is 25.1 Å². The second kappa shape index (κ2) is 8.34. The van der Waals surface area contributed by atoms with Crippen LogP contribution in [-0.2, 0) is 25.6 Å². The Labute approximate surface area is 183 Å². The van der Waals surface area contributed by atoms with E-state index >= 15 is 0 Å². The topological polar surface area (TPSA) is 145 Å². The molecule has 0 unspecified atom stereocenters. The zero-order chi connectivity index (χ0) is 23.2. The number of nitrogens with two attached hydrogens (primary N) is 1. The fourth-order valence-electron chi connectivity index (χ4n) is 4.16. The molecule has 4 atom stereocenters. The van der Waals surface area contributed by atoms with Crippen LogP contribution < -0.4 is 5.73 Å². The number of hydrogen-bond acceptors (Lipinski definition) is 9. The third-order valence-electron chi connectivity index (χ3n) is 5.67. The highest BCUT2D eigenvalue weighted by Crippen LogP contribution is 2.40. The summed E-state index contributed by atoms with van der Waals surface area (Å²) in [5.74, 6) is -2.41. The standard InChI is InChI=1S/C23H23NO8/c1-10-23(32-11(2)25)15(24)8-17(31-10)30-9-12-7-16(26)18-19(20(12)27)22(29)14-6-4-3-5-13(14)21(18)28/h3-7,10,15,17,23,26-27H,8-9,24H2,1-2H3/t10-,15-,17+,23+/m0/s1. The summed E-state index contributed by atoms with van der Waals surface area (Å²) in [6.07, 6.45) is -1.67. The average molecular weight is 441 g/mol. The van der Waals surface area contributed by atoms with Gasteiger partial charge in [-0.15, -0.1) is 0 Å². The highest BCUT2D eigenvalue weighted by molar-refractivity contribution is 6.30. The monoisotopic (exact) mass is 441 g/mol. The summed E-state index contributed by atoms with van der Waals surface area (Å²) in [4.78, 5) is 37.0. The number of esters is 1. The molecule has 0 amide bonds. The molecule has 0 saturated carbocycles. The van der Waals surface area contributed by atoms with Crippen LogP contribution in [0.25, 0.3) is 0 Å². The highest BCUT2D eigenvalue weighted by Gasteiger charge is 2.38. The van der Waals surface area contributed by atoms with Crippen LogP contribution in [0, 0.1) is 0 Å². The molecular weight excluding hydrogens is 418 g/mol. The van der Waals surface area contributed by atoms with Crippen molar-refractivity contribution >= 4 is 17.5 Å². The molecule has 2 aliphatic rings. The van der Waals surface area contributed by atoms with Crippen LogP contribution in [0.2, 0.25) is 0 Å². The zero-order valence-electron chi connectivity index (χ0n) is 17.5. The SMILES string of the molecule is CC(=O)O[C@@H]1[C@H](C)O[C@@H](OCc2cc(O)c3c(c2O)C(=O)c2ccccc2C3=O)C[C@@H]1N. The fourth-order valence-corrected chi connectivity index (χ4v) is 4.16. The lowest BCUT2D eigenvalue weighted by molar-refractivity contribution is -0.233. The molecule has 1 aliphatic heterocycles. The minimum atomic E-state index is -0.762. The van der Waals surface area contributed by atoms with Crippen LogP contribution in [-0.4, -0.2) is 52.3 Å². The number of aromatic hydroxyl groups is 2. The normalized spacial score (nSPS) is 24.6. The van der Waals surface area contributed by atoms with Crippen molar-refractivity contribution in [3.63, 3.8) is 0 Å². The van der Waals surface area contributed by atoms with Crippen molar-refractivity contribution in [1.29, 1.82) is 0 Å². The lowest BCUT2D eigenvalue weighted by Crippen LogP contribution is -2.53. The van der Waals surface area contributed by atoms with Gasteiger partial charge in [-0.25, -0.2) is 0 Å². The second-order valence-electron chi connectivity index (χ2n) is 7.91. The van der Waals surface area contributed by atoms with Gasteiger partial charge in [-0.05, 0) is 13.0 Å². The van der Waals surface area contributed by atoms with Crippen molar-refractivity contribution in [3.8, 4) is 11.5 Å². The van der Waals surface area contributed by atoms with Crippen LogP contribution in [0.15, 0.2) is 30.3 Å². The largest absolute Gasteiger partial charge is 0.507 e. The van der Waals surface area contributed by atoms with E-state index in [-0.39, 0.29) is 40.8 Å². The van der Waals surface area contributed by atoms with Crippen LogP contribution in [0.1, 0.15) is 57.7 Å². The molecule has 1 fully saturated rings. The molecule has 32 heavy (non-hydrogen) atoms. The van der Waals surface area contributed by atoms with Crippen molar-refractivity contribution in [1.82, 2.24) is 0 Å². The minimum Gasteiger partial charge on any atom is -0.507 e. The number of fused-ring (bicyclic) bond motifs is 2. The van der Waals surface area contributed by atoms with E-state index in [0.29, 0.717) is 0 Å². The van der Waals surface area contributed by atoms with Gasteiger partial charge in [-0.3, -0.25) is 14.4 Å². The maximum Gasteiger partial charge on any atom is 0.303 e. The van der Waals surface area contributed by atoms with Crippen LogP contribution in [0.4, 0.5) is 0 Å². The van der Waals surface area contributed by atoms with E-state index in [4.69, 9.17) is 19.9 Å². The molecule has 168 valence electrons. The molecule has 0 aromatic heterocycles. The molecule has 9 nitrogen and oxygen atoms in total. The predicted molar refractivity (Wildman–Crippen MR) is 110 cm³/mol. The van der Waals surface area contributed by atoms with E-state index in [1.807, 2.05) is 0 Å². The lowest BCUT2D eigenvalue weighted by Gasteiger charge is -2.38. The number of ether oxygens (including phenoxy) is 3. The quantitative estimate of drug-likeness (QED) is 0.407. The van der Waals surface area contributed by atoms with Gasteiger partial charge in [-0.1, -0.05) is 24.3 Å². The highest BCUT2D eigenvalue weighted by atomic mass is 16.7. The molecule has 0 bridgehead atoms. The Morgan fingerprint density at radius 3 is 2.38 bits per heavy atom. The molecular formula is C23H23NO8. The van der Waals surface area contributed by atoms with Crippen LogP contribution in [0.5, 0.6) is 11.5 Å². The Bertz CT molecular complexity index is 1100. The predicted octanol–water partition coefficient (Wildman–Crippen LogP) is 1.78. The lowest BCUT2D eigenvalue weighted by atomic mass is 9.82. The molecule has 1 aliphatic carbocycles. The zero-order valence-corrected chi connectivity index (χ0v) is 17.5. The van der Waals surface area contributed by atoms with Gasteiger partial charge in [-0.2, -0.15) is 0 Å². The number of carbonyl (C=O) groups excluding carboxylic acids is 3. The van der Waals surface area contributed by atoms with Crippen molar-refractivity contribution < 1.29 is 38.8 Å². The third-order valence-corrected chi connectivity index (χ3v) is 5.67. The van der Waals surface area contributed by atoms with Crippen LogP contribution in [0.3, 0.4) is 0 Å². The van der Waals surface area contributed by atoms with Crippen molar-refractivity contribution in [2.45, 2.75) is 51.4 Å². The number of benzene rings is 2. The molecule has 2 aromatic rings. The van der Waals surface area contributed by atoms with E-state index in [2.05, 4.69) is 0 Å². The summed E-state index contributed by atoms with van der Waals surface area (Å²) in [5.41, 5.74) is 6.05. The molecule has 4 rings (SSSR count). The molecule has 1 saturated heterocycles. The summed E-state index contributed by atoms with van der Waals surface area (Å²) in [6, 6.07) is 6.91. The Morgan fingerprint density at radius 2 is 1.78 bits per heavy atom. The number of hydrogen-bond donors (Lipinski definition) is 3. The maximum atomic E-state index is 12.9. The fraction of sp³-hybridized carbons (Fsp3) is 0.348. The minimum absolute atomic E-state index is 0.119. The smallest absolute Gasteiger partial charge is 0.303 e. The first kappa shape index (κ1) is 21.9. The van der Waals surface area contributed by atoms with Gasteiger partial charge in [0.1, 0.15) is 17.6 Å². The van der Waals surface area contributed by atoms with Gasteiger partial charge in [0.25, 0.3) is 0 Å². The summed E-state index contributed by atoms with van der Waals surface area (Å²) < 4.78 is 16.6.